The Bertz CT molecular complexity index is 640. The van der Waals surface area contributed by atoms with E-state index >= 15 is 0 Å². The van der Waals surface area contributed by atoms with Gasteiger partial charge in [0.2, 0.25) is 5.91 Å². The molecule has 0 spiro atoms. The molecule has 1 aliphatic rings. The molecule has 3 rings (SSSR count). The minimum atomic E-state index is 0.0969. The van der Waals surface area contributed by atoms with Crippen molar-refractivity contribution in [2.75, 3.05) is 18.1 Å². The molecule has 1 heterocycles. The normalized spacial score (nSPS) is 17.2. The van der Waals surface area contributed by atoms with Crippen LogP contribution in [0.4, 0.5) is 0 Å². The molecule has 0 radical (unpaired) electrons. The van der Waals surface area contributed by atoms with Crippen molar-refractivity contribution in [3.63, 3.8) is 0 Å². The van der Waals surface area contributed by atoms with Crippen LogP contribution in [0.3, 0.4) is 0 Å². The monoisotopic (exact) mass is 342 g/mol. The smallest absolute Gasteiger partial charge is 0.221 e. The summed E-state index contributed by atoms with van der Waals surface area (Å²) in [5.74, 6) is 3.85. The first-order valence-corrected chi connectivity index (χ1v) is 9.35. The highest BCUT2D eigenvalue weighted by Gasteiger charge is 2.16. The first kappa shape index (κ1) is 16.9. The summed E-state index contributed by atoms with van der Waals surface area (Å²) in [6.45, 7) is 1.54. The fourth-order valence-corrected chi connectivity index (χ4v) is 3.50. The molecule has 2 aromatic rings. The predicted octanol–water partition coefficient (Wildman–Crippen LogP) is 3.19. The van der Waals surface area contributed by atoms with Gasteiger partial charge in [-0.25, -0.2) is 0 Å². The molecule has 0 aliphatic carbocycles. The molecule has 0 bridgehead atoms. The Hall–Kier alpha value is -1.98. The number of ether oxygens (including phenoxy) is 1. The van der Waals surface area contributed by atoms with E-state index in [-0.39, 0.29) is 5.91 Å². The molecule has 1 amide bonds. The third-order valence-electron chi connectivity index (χ3n) is 3.82. The van der Waals surface area contributed by atoms with Gasteiger partial charge in [-0.3, -0.25) is 4.79 Å². The third-order valence-corrected chi connectivity index (χ3v) is 4.95. The van der Waals surface area contributed by atoms with E-state index in [1.54, 1.807) is 0 Å². The van der Waals surface area contributed by atoms with Crippen molar-refractivity contribution >= 4 is 17.7 Å². The Morgan fingerprint density at radius 2 is 1.88 bits per heavy atom. The molecule has 24 heavy (non-hydrogen) atoms. The maximum absolute atomic E-state index is 12.0. The molecule has 0 aromatic heterocycles. The summed E-state index contributed by atoms with van der Waals surface area (Å²) in [6, 6.07) is 17.8. The molecule has 1 atom stereocenters. The van der Waals surface area contributed by atoms with Gasteiger partial charge in [0, 0.05) is 37.1 Å². The minimum absolute atomic E-state index is 0.0969. The standard InChI is InChI=1S/C19H22N2O2S/c22-19(12-16-14-24-11-10-20-16)21-13-15-6-8-18(9-7-15)23-17-4-2-1-3-5-17/h1-9,16,20H,10-14H2,(H,21,22). The maximum atomic E-state index is 12.0. The summed E-state index contributed by atoms with van der Waals surface area (Å²) in [4.78, 5) is 12.0. The predicted molar refractivity (Wildman–Crippen MR) is 98.5 cm³/mol. The fourth-order valence-electron chi connectivity index (χ4n) is 2.55. The number of hydrogen-bond acceptors (Lipinski definition) is 4. The van der Waals surface area contributed by atoms with Crippen LogP contribution in [0, 0.1) is 0 Å². The average molecular weight is 342 g/mol. The molecule has 1 aliphatic heterocycles. The van der Waals surface area contributed by atoms with Gasteiger partial charge < -0.3 is 15.4 Å². The van der Waals surface area contributed by atoms with Crippen LogP contribution in [0.25, 0.3) is 0 Å². The van der Waals surface area contributed by atoms with Gasteiger partial charge in [0.25, 0.3) is 0 Å². The van der Waals surface area contributed by atoms with E-state index in [1.165, 1.54) is 0 Å². The van der Waals surface area contributed by atoms with Crippen LogP contribution < -0.4 is 15.4 Å². The van der Waals surface area contributed by atoms with E-state index in [2.05, 4.69) is 10.6 Å². The number of hydrogen-bond donors (Lipinski definition) is 2. The van der Waals surface area contributed by atoms with Crippen molar-refractivity contribution in [3.05, 3.63) is 60.2 Å². The summed E-state index contributed by atoms with van der Waals surface area (Å²) in [7, 11) is 0. The lowest BCUT2D eigenvalue weighted by molar-refractivity contribution is -0.121. The molecule has 2 aromatic carbocycles. The second-order valence-corrected chi connectivity index (χ2v) is 6.92. The van der Waals surface area contributed by atoms with Crippen molar-refractivity contribution < 1.29 is 9.53 Å². The first-order valence-electron chi connectivity index (χ1n) is 8.19. The highest BCUT2D eigenvalue weighted by Crippen LogP contribution is 2.21. The number of thioether (sulfide) groups is 1. The second-order valence-electron chi connectivity index (χ2n) is 5.77. The molecule has 1 saturated heterocycles. The van der Waals surface area contributed by atoms with Gasteiger partial charge in [-0.05, 0) is 29.8 Å². The van der Waals surface area contributed by atoms with Crippen LogP contribution in [-0.2, 0) is 11.3 Å². The number of carbonyl (C=O) groups is 1. The maximum Gasteiger partial charge on any atom is 0.221 e. The number of carbonyl (C=O) groups excluding carboxylic acids is 1. The zero-order valence-electron chi connectivity index (χ0n) is 13.5. The molecular weight excluding hydrogens is 320 g/mol. The summed E-state index contributed by atoms with van der Waals surface area (Å²) in [6.07, 6.45) is 0.544. The first-order chi connectivity index (χ1) is 11.8. The molecule has 0 saturated carbocycles. The van der Waals surface area contributed by atoms with Gasteiger partial charge in [0.1, 0.15) is 11.5 Å². The number of rotatable bonds is 6. The van der Waals surface area contributed by atoms with Crippen molar-refractivity contribution in [1.29, 1.82) is 0 Å². The number of para-hydroxylation sites is 1. The Kier molecular flexibility index (Phi) is 6.15. The highest BCUT2D eigenvalue weighted by atomic mass is 32.2. The Balaban J connectivity index is 1.44. The van der Waals surface area contributed by atoms with E-state index < -0.39 is 0 Å². The molecular formula is C19H22N2O2S. The number of nitrogens with one attached hydrogen (secondary N) is 2. The van der Waals surface area contributed by atoms with Gasteiger partial charge in [-0.2, -0.15) is 11.8 Å². The van der Waals surface area contributed by atoms with Crippen molar-refractivity contribution in [1.82, 2.24) is 10.6 Å². The van der Waals surface area contributed by atoms with Crippen LogP contribution >= 0.6 is 11.8 Å². The zero-order valence-corrected chi connectivity index (χ0v) is 14.4. The largest absolute Gasteiger partial charge is 0.457 e. The topological polar surface area (TPSA) is 50.4 Å². The summed E-state index contributed by atoms with van der Waals surface area (Å²) in [5.41, 5.74) is 1.06. The zero-order chi connectivity index (χ0) is 16.6. The molecule has 126 valence electrons. The molecule has 1 unspecified atom stereocenters. The number of benzene rings is 2. The molecule has 5 heteroatoms. The van der Waals surface area contributed by atoms with E-state index in [9.17, 15) is 4.79 Å². The van der Waals surface area contributed by atoms with Crippen molar-refractivity contribution in [2.24, 2.45) is 0 Å². The van der Waals surface area contributed by atoms with Crippen LogP contribution in [0.2, 0.25) is 0 Å². The van der Waals surface area contributed by atoms with E-state index in [0.29, 0.717) is 19.0 Å². The Morgan fingerprint density at radius 3 is 2.58 bits per heavy atom. The van der Waals surface area contributed by atoms with Crippen LogP contribution in [0.15, 0.2) is 54.6 Å². The minimum Gasteiger partial charge on any atom is -0.457 e. The van der Waals surface area contributed by atoms with Crippen molar-refractivity contribution in [3.8, 4) is 11.5 Å². The highest BCUT2D eigenvalue weighted by molar-refractivity contribution is 7.99. The van der Waals surface area contributed by atoms with E-state index in [0.717, 1.165) is 35.1 Å². The van der Waals surface area contributed by atoms with E-state index in [1.807, 2.05) is 66.4 Å². The van der Waals surface area contributed by atoms with Gasteiger partial charge in [0.15, 0.2) is 0 Å². The van der Waals surface area contributed by atoms with Crippen molar-refractivity contribution in [2.45, 2.75) is 19.0 Å². The molecule has 1 fully saturated rings. The lowest BCUT2D eigenvalue weighted by atomic mass is 10.2. The third kappa shape index (κ3) is 5.28. The van der Waals surface area contributed by atoms with Gasteiger partial charge in [-0.15, -0.1) is 0 Å². The van der Waals surface area contributed by atoms with Gasteiger partial charge >= 0.3 is 0 Å². The summed E-state index contributed by atoms with van der Waals surface area (Å²) in [5, 5.41) is 6.37. The van der Waals surface area contributed by atoms with Gasteiger partial charge in [0.05, 0.1) is 0 Å². The Labute approximate surface area is 147 Å². The Morgan fingerprint density at radius 1 is 1.12 bits per heavy atom. The SMILES string of the molecule is O=C(CC1CSCCN1)NCc1ccc(Oc2ccccc2)cc1. The molecule has 2 N–H and O–H groups in total. The lowest BCUT2D eigenvalue weighted by Crippen LogP contribution is -2.41. The summed E-state index contributed by atoms with van der Waals surface area (Å²) >= 11 is 1.91. The van der Waals surface area contributed by atoms with Crippen LogP contribution in [0.1, 0.15) is 12.0 Å². The fraction of sp³-hybridized carbons (Fsp3) is 0.316. The quantitative estimate of drug-likeness (QED) is 0.846. The van der Waals surface area contributed by atoms with Gasteiger partial charge in [-0.1, -0.05) is 30.3 Å². The lowest BCUT2D eigenvalue weighted by Gasteiger charge is -2.22. The molecule has 4 nitrogen and oxygen atoms in total. The van der Waals surface area contributed by atoms with Crippen LogP contribution in [-0.4, -0.2) is 30.0 Å². The van der Waals surface area contributed by atoms with Crippen LogP contribution in [0.5, 0.6) is 11.5 Å². The summed E-state index contributed by atoms with van der Waals surface area (Å²) < 4.78 is 5.76. The second kappa shape index (κ2) is 8.76. The number of amides is 1. The average Bonchev–Trinajstić information content (AvgIpc) is 2.63. The van der Waals surface area contributed by atoms with E-state index in [4.69, 9.17) is 4.74 Å².